The van der Waals surface area contributed by atoms with Crippen LogP contribution in [0.2, 0.25) is 0 Å². The van der Waals surface area contributed by atoms with Crippen molar-refractivity contribution in [3.05, 3.63) is 70.4 Å². The number of amides is 4. The summed E-state index contributed by atoms with van der Waals surface area (Å²) in [6.45, 7) is 8.89. The molecular weight excluding hydrogens is 742 g/mol. The predicted octanol–water partition coefficient (Wildman–Crippen LogP) is 4.48. The van der Waals surface area contributed by atoms with Gasteiger partial charge in [-0.25, -0.2) is 13.8 Å². The van der Waals surface area contributed by atoms with Crippen molar-refractivity contribution in [1.29, 1.82) is 0 Å². The number of nitrogens with zero attached hydrogens (tertiary/aromatic N) is 2. The van der Waals surface area contributed by atoms with E-state index in [1.54, 1.807) is 37.6 Å². The van der Waals surface area contributed by atoms with Gasteiger partial charge in [-0.15, -0.1) is 23.7 Å². The molecule has 296 valence electrons. The molecule has 1 saturated heterocycles. The Balaban J connectivity index is 0.00000784. The van der Waals surface area contributed by atoms with Gasteiger partial charge in [0.05, 0.1) is 28.2 Å². The molecule has 0 radical (unpaired) electrons. The first-order chi connectivity index (χ1) is 24.9. The summed E-state index contributed by atoms with van der Waals surface area (Å²) in [7, 11) is 0. The summed E-state index contributed by atoms with van der Waals surface area (Å²) in [5.74, 6) is -3.80. The molecule has 3 aromatic rings. The fourth-order valence-corrected chi connectivity index (χ4v) is 7.01. The van der Waals surface area contributed by atoms with Gasteiger partial charge < -0.3 is 36.8 Å². The first-order valence-electron chi connectivity index (χ1n) is 17.7. The number of hydrogen-bond acceptors (Lipinski definition) is 9. The number of nitrogens with two attached hydrogens (primary N) is 2. The topological polar surface area (TPSA) is 190 Å². The van der Waals surface area contributed by atoms with E-state index in [2.05, 4.69) is 15.6 Å². The lowest BCUT2D eigenvalue weighted by Crippen LogP contribution is -2.57. The third-order valence-electron chi connectivity index (χ3n) is 9.20. The van der Waals surface area contributed by atoms with Gasteiger partial charge >= 0.3 is 0 Å². The average Bonchev–Trinajstić information content (AvgIpc) is 3.71. The molecule has 1 unspecified atom stereocenters. The van der Waals surface area contributed by atoms with Crippen LogP contribution in [0.1, 0.15) is 82.7 Å². The SMILES string of the molecule is Cc1ncsc1-c1ccc([C@H](C)NC(=O)C2C[C@@H](O)CN2C(=O)[C@@H](NC(=O)CCCc2cc(F)cc(OC[C@@H](N)CCC(N)=O)c2F)C(C)(C)C)cc1.Cl. The lowest BCUT2D eigenvalue weighted by molar-refractivity contribution is -0.144. The first-order valence-corrected chi connectivity index (χ1v) is 18.6. The lowest BCUT2D eigenvalue weighted by Gasteiger charge is -2.35. The van der Waals surface area contributed by atoms with Crippen LogP contribution >= 0.6 is 23.7 Å². The molecule has 2 heterocycles. The largest absolute Gasteiger partial charge is 0.489 e. The Morgan fingerprint density at radius 1 is 1.11 bits per heavy atom. The smallest absolute Gasteiger partial charge is 0.246 e. The quantitative estimate of drug-likeness (QED) is 0.140. The number of thiazole rings is 1. The molecule has 1 aliphatic rings. The fraction of sp³-hybridized carbons (Fsp3) is 0.500. The van der Waals surface area contributed by atoms with Gasteiger partial charge in [0, 0.05) is 37.9 Å². The van der Waals surface area contributed by atoms with Gasteiger partial charge in [0.25, 0.3) is 0 Å². The molecule has 54 heavy (non-hydrogen) atoms. The number of carbonyl (C=O) groups excluding carboxylic acids is 4. The molecule has 0 bridgehead atoms. The normalized spacial score (nSPS) is 17.2. The van der Waals surface area contributed by atoms with Crippen molar-refractivity contribution in [3.63, 3.8) is 0 Å². The number of halogens is 3. The van der Waals surface area contributed by atoms with E-state index in [-0.39, 0.29) is 81.4 Å². The number of nitrogens with one attached hydrogen (secondary N) is 2. The van der Waals surface area contributed by atoms with Crippen molar-refractivity contribution in [3.8, 4) is 16.2 Å². The Hall–Kier alpha value is -4.18. The van der Waals surface area contributed by atoms with Crippen molar-refractivity contribution < 1.29 is 37.8 Å². The first kappa shape index (κ1) is 44.2. The van der Waals surface area contributed by atoms with Gasteiger partial charge in [-0.3, -0.25) is 19.2 Å². The van der Waals surface area contributed by atoms with Crippen LogP contribution in [0, 0.1) is 24.0 Å². The summed E-state index contributed by atoms with van der Waals surface area (Å²) in [4.78, 5) is 58.4. The Morgan fingerprint density at radius 3 is 2.41 bits per heavy atom. The molecule has 4 amide bonds. The van der Waals surface area contributed by atoms with Crippen molar-refractivity contribution in [1.82, 2.24) is 20.5 Å². The average molecular weight is 793 g/mol. The maximum atomic E-state index is 15.2. The van der Waals surface area contributed by atoms with E-state index < -0.39 is 64.9 Å². The second-order valence-corrected chi connectivity index (χ2v) is 15.5. The number of aliphatic hydroxyl groups is 1. The highest BCUT2D eigenvalue weighted by Crippen LogP contribution is 2.30. The van der Waals surface area contributed by atoms with Crippen LogP contribution in [0.4, 0.5) is 8.78 Å². The zero-order valence-corrected chi connectivity index (χ0v) is 32.8. The van der Waals surface area contributed by atoms with Gasteiger partial charge in [-0.2, -0.15) is 0 Å². The zero-order valence-electron chi connectivity index (χ0n) is 31.2. The molecule has 12 nitrogen and oxygen atoms in total. The highest BCUT2D eigenvalue weighted by atomic mass is 35.5. The van der Waals surface area contributed by atoms with Gasteiger partial charge in [0.2, 0.25) is 23.6 Å². The summed E-state index contributed by atoms with van der Waals surface area (Å²) in [6.07, 6.45) is -0.596. The van der Waals surface area contributed by atoms with E-state index in [0.29, 0.717) is 0 Å². The fourth-order valence-electron chi connectivity index (χ4n) is 6.20. The van der Waals surface area contributed by atoms with Crippen molar-refractivity contribution >= 4 is 47.4 Å². The Kier molecular flexibility index (Phi) is 15.9. The van der Waals surface area contributed by atoms with E-state index in [1.807, 2.05) is 38.1 Å². The summed E-state index contributed by atoms with van der Waals surface area (Å²) >= 11 is 1.55. The minimum atomic E-state index is -1.04. The number of likely N-dealkylation sites (tertiary alicyclic amines) is 1. The van der Waals surface area contributed by atoms with Crippen LogP contribution in [0.15, 0.2) is 41.9 Å². The number of benzene rings is 2. The lowest BCUT2D eigenvalue weighted by atomic mass is 9.85. The third kappa shape index (κ3) is 11.9. The van der Waals surface area contributed by atoms with Gasteiger partial charge in [0.1, 0.15) is 24.5 Å². The standard InChI is InChI=1S/C38H50F2N6O6S.ClH/c1-21(23-9-11-24(12-10-23)34-22(2)43-20-53-34)44-36(50)29-17-28(47)18-46(29)37(51)35(38(3,4)5)45-32(49)8-6-7-25-15-26(39)16-30(33(25)40)52-19-27(41)13-14-31(42)48;/h9-12,15-16,20-21,27-29,35,47H,6-8,13-14,17-19,41H2,1-5H3,(H2,42,48)(H,44,50)(H,45,49);1H/t21-,27-,28+,29?,35+;/m0./s1. The number of carbonyl (C=O) groups is 4. The predicted molar refractivity (Wildman–Crippen MR) is 205 cm³/mol. The van der Waals surface area contributed by atoms with Crippen LogP contribution < -0.4 is 26.8 Å². The van der Waals surface area contributed by atoms with Gasteiger partial charge in [0.15, 0.2) is 11.6 Å². The van der Waals surface area contributed by atoms with Gasteiger partial charge in [-0.1, -0.05) is 45.0 Å². The molecule has 0 saturated carbocycles. The van der Waals surface area contributed by atoms with E-state index in [9.17, 15) is 28.7 Å². The van der Waals surface area contributed by atoms with Crippen molar-refractivity contribution in [2.45, 2.75) is 103 Å². The molecule has 4 rings (SSSR count). The molecule has 5 atom stereocenters. The third-order valence-corrected chi connectivity index (χ3v) is 10.2. The Morgan fingerprint density at radius 2 is 1.80 bits per heavy atom. The highest BCUT2D eigenvalue weighted by Gasteiger charge is 2.44. The molecule has 0 spiro atoms. The monoisotopic (exact) mass is 792 g/mol. The summed E-state index contributed by atoms with van der Waals surface area (Å²) in [6, 6.07) is 6.73. The van der Waals surface area contributed by atoms with Crippen molar-refractivity contribution in [2.24, 2.45) is 16.9 Å². The number of hydrogen-bond donors (Lipinski definition) is 5. The van der Waals surface area contributed by atoms with Crippen LogP contribution in [0.5, 0.6) is 5.75 Å². The van der Waals surface area contributed by atoms with Crippen molar-refractivity contribution in [2.75, 3.05) is 13.2 Å². The summed E-state index contributed by atoms with van der Waals surface area (Å²) in [5.41, 5.74) is 14.9. The molecule has 1 fully saturated rings. The van der Waals surface area contributed by atoms with Gasteiger partial charge in [-0.05, 0) is 61.3 Å². The zero-order chi connectivity index (χ0) is 39.0. The molecule has 1 aromatic heterocycles. The summed E-state index contributed by atoms with van der Waals surface area (Å²) < 4.78 is 34.9. The number of β-amino-alcohol motifs (C(OH)–C–C–N with tert-alkyl or cyclic N) is 1. The number of primary amides is 1. The van der Waals surface area contributed by atoms with E-state index in [0.717, 1.165) is 33.8 Å². The number of ether oxygens (including phenoxy) is 1. The molecule has 1 aliphatic heterocycles. The van der Waals surface area contributed by atoms with E-state index in [1.165, 1.54) is 4.90 Å². The Bertz CT molecular complexity index is 1770. The van der Waals surface area contributed by atoms with E-state index >= 15 is 4.39 Å². The van der Waals surface area contributed by atoms with Crippen LogP contribution in [-0.2, 0) is 25.6 Å². The molecule has 2 aromatic carbocycles. The minimum Gasteiger partial charge on any atom is -0.489 e. The number of aliphatic hydroxyl groups excluding tert-OH is 1. The number of aryl methyl sites for hydroxylation is 2. The highest BCUT2D eigenvalue weighted by molar-refractivity contribution is 7.13. The molecule has 7 N–H and O–H groups in total. The maximum absolute atomic E-state index is 15.2. The maximum Gasteiger partial charge on any atom is 0.246 e. The summed E-state index contributed by atoms with van der Waals surface area (Å²) in [5, 5.41) is 16.3. The molecule has 16 heteroatoms. The molecule has 0 aliphatic carbocycles. The minimum absolute atomic E-state index is 0. The second-order valence-electron chi connectivity index (χ2n) is 14.7. The number of aromatic nitrogens is 1. The molecular formula is C38H51ClF2N6O6S. The second kappa shape index (κ2) is 19.4. The van der Waals surface area contributed by atoms with Crippen LogP contribution in [0.25, 0.3) is 10.4 Å². The Labute approximate surface area is 324 Å². The van der Waals surface area contributed by atoms with E-state index in [4.69, 9.17) is 16.2 Å². The van der Waals surface area contributed by atoms with Crippen LogP contribution in [-0.4, -0.2) is 76.0 Å². The number of rotatable bonds is 16. The van der Waals surface area contributed by atoms with Crippen LogP contribution in [0.3, 0.4) is 0 Å².